The number of hydrogen-bond donors (Lipinski definition) is 1. The minimum atomic E-state index is 0.00294. The Morgan fingerprint density at radius 1 is 1.27 bits per heavy atom. The van der Waals surface area contributed by atoms with E-state index in [1.54, 1.807) is 6.20 Å². The van der Waals surface area contributed by atoms with Crippen molar-refractivity contribution in [2.24, 2.45) is 5.92 Å². The molecule has 4 rings (SSSR count). The monoisotopic (exact) mass is 356 g/mol. The zero-order valence-electron chi connectivity index (χ0n) is 15.5. The van der Waals surface area contributed by atoms with Crippen LogP contribution < -0.4 is 5.32 Å². The lowest BCUT2D eigenvalue weighted by atomic mass is 9.98. The third kappa shape index (κ3) is 3.61. The van der Waals surface area contributed by atoms with Crippen LogP contribution in [0.25, 0.3) is 0 Å². The van der Waals surface area contributed by atoms with Gasteiger partial charge in [-0.15, -0.1) is 0 Å². The van der Waals surface area contributed by atoms with E-state index in [4.69, 9.17) is 0 Å². The molecule has 1 saturated carbocycles. The van der Waals surface area contributed by atoms with Crippen molar-refractivity contribution in [1.82, 2.24) is 24.2 Å². The minimum absolute atomic E-state index is 0.00294. The minimum Gasteiger partial charge on any atom is -0.337 e. The molecule has 2 fully saturated rings. The lowest BCUT2D eigenvalue weighted by molar-refractivity contribution is 0.170. The molecule has 140 valence electrons. The Morgan fingerprint density at radius 3 is 2.88 bits per heavy atom. The topological polar surface area (TPSA) is 68.0 Å². The van der Waals surface area contributed by atoms with E-state index in [0.29, 0.717) is 12.0 Å². The first-order valence-electron chi connectivity index (χ1n) is 9.76. The van der Waals surface area contributed by atoms with Gasteiger partial charge >= 0.3 is 6.03 Å². The number of anilines is 1. The van der Waals surface area contributed by atoms with Crippen LogP contribution in [0.2, 0.25) is 0 Å². The van der Waals surface area contributed by atoms with Gasteiger partial charge in [0.05, 0.1) is 18.6 Å². The van der Waals surface area contributed by atoms with E-state index in [2.05, 4.69) is 20.0 Å². The molecule has 0 aromatic carbocycles. The van der Waals surface area contributed by atoms with Crippen LogP contribution in [0.3, 0.4) is 0 Å². The van der Waals surface area contributed by atoms with Gasteiger partial charge in [-0.1, -0.05) is 12.8 Å². The lowest BCUT2D eigenvalue weighted by Gasteiger charge is -2.33. The summed E-state index contributed by atoms with van der Waals surface area (Å²) in [7, 11) is 0. The van der Waals surface area contributed by atoms with E-state index < -0.39 is 0 Å². The predicted octanol–water partition coefficient (Wildman–Crippen LogP) is 3.45. The third-order valence-corrected chi connectivity index (χ3v) is 5.71. The largest absolute Gasteiger partial charge is 0.337 e. The molecule has 2 aromatic rings. The number of urea groups is 1. The van der Waals surface area contributed by atoms with E-state index in [0.717, 1.165) is 56.7 Å². The second-order valence-electron chi connectivity index (χ2n) is 7.70. The Kier molecular flexibility index (Phi) is 4.95. The zero-order chi connectivity index (χ0) is 17.9. The van der Waals surface area contributed by atoms with Crippen molar-refractivity contribution in [1.29, 1.82) is 0 Å². The maximum absolute atomic E-state index is 12.9. The van der Waals surface area contributed by atoms with Crippen molar-refractivity contribution in [2.75, 3.05) is 18.4 Å². The highest BCUT2D eigenvalue weighted by atomic mass is 16.2. The van der Waals surface area contributed by atoms with Crippen LogP contribution in [0.1, 0.15) is 50.1 Å². The molecule has 1 aliphatic heterocycles. The molecular formula is C19H28N6O. The summed E-state index contributed by atoms with van der Waals surface area (Å²) < 4.78 is 4.14. The highest BCUT2D eigenvalue weighted by Gasteiger charge is 2.27. The lowest BCUT2D eigenvalue weighted by Crippen LogP contribution is -2.43. The number of carbonyl (C=O) groups excluding carboxylic acids is 1. The molecule has 1 saturated heterocycles. The van der Waals surface area contributed by atoms with Crippen LogP contribution in [0.5, 0.6) is 0 Å². The molecule has 2 aromatic heterocycles. The standard InChI is InChI=1S/C19H28N6O/c1-15-11-21-25(17-6-2-3-7-17)18(15)22-19(26)24-9-4-5-16(13-24)12-23-10-8-20-14-23/h8,10-11,14,16-17H,2-7,9,12-13H2,1H3,(H,22,26)/t16-/m1/s1. The normalized spacial score (nSPS) is 21.3. The molecule has 1 aliphatic carbocycles. The van der Waals surface area contributed by atoms with Gasteiger partial charge in [0.1, 0.15) is 5.82 Å². The number of piperidine rings is 1. The number of hydrogen-bond acceptors (Lipinski definition) is 3. The average Bonchev–Trinajstić information content (AvgIpc) is 3.39. The number of aryl methyl sites for hydroxylation is 1. The summed E-state index contributed by atoms with van der Waals surface area (Å²) >= 11 is 0. The molecular weight excluding hydrogens is 328 g/mol. The van der Waals surface area contributed by atoms with Gasteiger partial charge in [-0.3, -0.25) is 5.32 Å². The Bertz CT molecular complexity index is 731. The van der Waals surface area contributed by atoms with E-state index in [-0.39, 0.29) is 6.03 Å². The Balaban J connectivity index is 1.41. The van der Waals surface area contributed by atoms with E-state index in [9.17, 15) is 4.79 Å². The van der Waals surface area contributed by atoms with Crippen molar-refractivity contribution in [3.05, 3.63) is 30.5 Å². The molecule has 3 heterocycles. The molecule has 1 atom stereocenters. The molecule has 7 heteroatoms. The van der Waals surface area contributed by atoms with E-state index in [1.807, 2.05) is 35.2 Å². The molecule has 0 spiro atoms. The van der Waals surface area contributed by atoms with Crippen LogP contribution in [0.15, 0.2) is 24.9 Å². The quantitative estimate of drug-likeness (QED) is 0.912. The number of amides is 2. The van der Waals surface area contributed by atoms with Gasteiger partial charge in [0.25, 0.3) is 0 Å². The van der Waals surface area contributed by atoms with Gasteiger partial charge < -0.3 is 9.47 Å². The molecule has 0 bridgehead atoms. The number of rotatable bonds is 4. The summed E-state index contributed by atoms with van der Waals surface area (Å²) in [4.78, 5) is 19.0. The number of carbonyl (C=O) groups is 1. The first kappa shape index (κ1) is 17.1. The summed E-state index contributed by atoms with van der Waals surface area (Å²) in [5.41, 5.74) is 1.04. The Morgan fingerprint density at radius 2 is 2.12 bits per heavy atom. The maximum Gasteiger partial charge on any atom is 0.323 e. The zero-order valence-corrected chi connectivity index (χ0v) is 15.5. The first-order valence-corrected chi connectivity index (χ1v) is 9.76. The molecule has 26 heavy (non-hydrogen) atoms. The second kappa shape index (κ2) is 7.51. The van der Waals surface area contributed by atoms with Crippen LogP contribution >= 0.6 is 0 Å². The molecule has 2 amide bonds. The van der Waals surface area contributed by atoms with Gasteiger partial charge in [0, 0.05) is 37.6 Å². The molecule has 0 radical (unpaired) electrons. The van der Waals surface area contributed by atoms with Crippen molar-refractivity contribution < 1.29 is 4.79 Å². The summed E-state index contributed by atoms with van der Waals surface area (Å²) in [6, 6.07) is 0.428. The number of aromatic nitrogens is 4. The Labute approximate surface area is 154 Å². The fourth-order valence-electron chi connectivity index (χ4n) is 4.30. The van der Waals surface area contributed by atoms with E-state index in [1.165, 1.54) is 12.8 Å². The van der Waals surface area contributed by atoms with Gasteiger partial charge in [-0.05, 0) is 38.5 Å². The second-order valence-corrected chi connectivity index (χ2v) is 7.70. The van der Waals surface area contributed by atoms with Crippen molar-refractivity contribution in [3.63, 3.8) is 0 Å². The van der Waals surface area contributed by atoms with Crippen LogP contribution in [0, 0.1) is 12.8 Å². The van der Waals surface area contributed by atoms with Crippen molar-refractivity contribution in [2.45, 2.75) is 58.0 Å². The van der Waals surface area contributed by atoms with Gasteiger partial charge in [-0.25, -0.2) is 14.5 Å². The maximum atomic E-state index is 12.9. The summed E-state index contributed by atoms with van der Waals surface area (Å²) in [6.07, 6.45) is 14.5. The number of likely N-dealkylation sites (tertiary alicyclic amines) is 1. The first-order chi connectivity index (χ1) is 12.7. The van der Waals surface area contributed by atoms with E-state index >= 15 is 0 Å². The SMILES string of the molecule is Cc1cnn(C2CCCC2)c1NC(=O)N1CCC[C@H](Cn2ccnc2)C1. The fourth-order valence-corrected chi connectivity index (χ4v) is 4.30. The average molecular weight is 356 g/mol. The summed E-state index contributed by atoms with van der Waals surface area (Å²) in [5, 5.41) is 7.69. The number of imidazole rings is 1. The highest BCUT2D eigenvalue weighted by molar-refractivity contribution is 5.89. The molecule has 7 nitrogen and oxygen atoms in total. The molecule has 2 aliphatic rings. The van der Waals surface area contributed by atoms with Crippen LogP contribution in [-0.4, -0.2) is 43.4 Å². The summed E-state index contributed by atoms with van der Waals surface area (Å²) in [6.45, 7) is 4.55. The van der Waals surface area contributed by atoms with Crippen LogP contribution in [0.4, 0.5) is 10.6 Å². The number of nitrogens with zero attached hydrogens (tertiary/aromatic N) is 5. The summed E-state index contributed by atoms with van der Waals surface area (Å²) in [5.74, 6) is 1.35. The third-order valence-electron chi connectivity index (χ3n) is 5.71. The smallest absolute Gasteiger partial charge is 0.323 e. The molecule has 0 unspecified atom stereocenters. The van der Waals surface area contributed by atoms with Gasteiger partial charge in [0.15, 0.2) is 0 Å². The predicted molar refractivity (Wildman–Crippen MR) is 100 cm³/mol. The van der Waals surface area contributed by atoms with Gasteiger partial charge in [0.2, 0.25) is 0 Å². The van der Waals surface area contributed by atoms with Crippen molar-refractivity contribution in [3.8, 4) is 0 Å². The Hall–Kier alpha value is -2.31. The fraction of sp³-hybridized carbons (Fsp3) is 0.632. The van der Waals surface area contributed by atoms with Crippen LogP contribution in [-0.2, 0) is 6.54 Å². The molecule has 1 N–H and O–H groups in total. The van der Waals surface area contributed by atoms with Crippen molar-refractivity contribution >= 4 is 11.8 Å². The number of nitrogens with one attached hydrogen (secondary N) is 1. The van der Waals surface area contributed by atoms with Gasteiger partial charge in [-0.2, -0.15) is 5.10 Å². The highest BCUT2D eigenvalue weighted by Crippen LogP contribution is 2.32.